The maximum atomic E-state index is 5.13. The second kappa shape index (κ2) is 13.4. The molecule has 1 heterocycles. The van der Waals surface area contributed by atoms with Crippen LogP contribution in [0.2, 0.25) is 0 Å². The van der Waals surface area contributed by atoms with Gasteiger partial charge in [0.15, 0.2) is 0 Å². The molecule has 11 aromatic carbocycles. The van der Waals surface area contributed by atoms with Gasteiger partial charge in [-0.1, -0.05) is 164 Å². The Morgan fingerprint density at radius 3 is 1.49 bits per heavy atom. The quantitative estimate of drug-likeness (QED) is 0.160. The summed E-state index contributed by atoms with van der Waals surface area (Å²) < 4.78 is 2.26. The number of hydrogen-bond donors (Lipinski definition) is 0. The van der Waals surface area contributed by atoms with Crippen LogP contribution < -0.4 is 0 Å². The molecule has 0 unspecified atom stereocenters. The van der Waals surface area contributed by atoms with Gasteiger partial charge in [-0.3, -0.25) is 4.57 Å². The molecule has 0 saturated heterocycles. The molecule has 2 nitrogen and oxygen atoms in total. The van der Waals surface area contributed by atoms with Crippen molar-refractivity contribution in [3.63, 3.8) is 0 Å². The highest BCUT2D eigenvalue weighted by molar-refractivity contribution is 6.24. The lowest BCUT2D eigenvalue weighted by Gasteiger charge is -2.17. The zero-order valence-electron chi connectivity index (χ0n) is 32.2. The lowest BCUT2D eigenvalue weighted by molar-refractivity contribution is 1.10. The van der Waals surface area contributed by atoms with Gasteiger partial charge in [0.2, 0.25) is 0 Å². The van der Waals surface area contributed by atoms with Crippen LogP contribution in [0.1, 0.15) is 0 Å². The van der Waals surface area contributed by atoms with E-state index in [2.05, 4.69) is 223 Å². The molecule has 12 rings (SSSR count). The summed E-state index contributed by atoms with van der Waals surface area (Å²) in [4.78, 5) is 5.13. The predicted molar refractivity (Wildman–Crippen MR) is 250 cm³/mol. The minimum absolute atomic E-state index is 0.932. The summed E-state index contributed by atoms with van der Waals surface area (Å²) in [5, 5.41) is 12.5. The standard InChI is InChI=1S/C57H36N2/c1-2-16-46(17-3-1)59-56-21-11-10-20-55(56)58-57(59)40-26-22-39(23-27-40)43-30-31-49-52(34-43)51(45-29-25-38-13-5-7-15-42(38)33-45)36-53-48-19-9-8-18-47(48)50(35-54(49)53)44-28-24-37-12-4-6-14-41(37)32-44/h1-36H. The van der Waals surface area contributed by atoms with Crippen molar-refractivity contribution >= 4 is 64.9 Å². The van der Waals surface area contributed by atoms with Gasteiger partial charge in [0.05, 0.1) is 11.0 Å². The molecule has 12 aromatic rings. The highest BCUT2D eigenvalue weighted by Gasteiger charge is 2.18. The molecule has 0 atom stereocenters. The fraction of sp³-hybridized carbons (Fsp3) is 0. The van der Waals surface area contributed by atoms with E-state index in [1.807, 2.05) is 0 Å². The molecule has 0 N–H and O–H groups in total. The molecule has 0 amide bonds. The first kappa shape index (κ1) is 33.3. The minimum atomic E-state index is 0.932. The largest absolute Gasteiger partial charge is 0.292 e. The number of hydrogen-bond acceptors (Lipinski definition) is 1. The van der Waals surface area contributed by atoms with Crippen LogP contribution in [0, 0.1) is 0 Å². The van der Waals surface area contributed by atoms with Crippen molar-refractivity contribution in [3.8, 4) is 50.5 Å². The Morgan fingerprint density at radius 2 is 0.797 bits per heavy atom. The van der Waals surface area contributed by atoms with Crippen molar-refractivity contribution in [3.05, 3.63) is 218 Å². The van der Waals surface area contributed by atoms with Crippen LogP contribution >= 0.6 is 0 Å². The predicted octanol–water partition coefficient (Wildman–Crippen LogP) is 15.5. The first-order valence-electron chi connectivity index (χ1n) is 20.3. The van der Waals surface area contributed by atoms with Gasteiger partial charge in [0.25, 0.3) is 0 Å². The fourth-order valence-electron chi connectivity index (χ4n) is 9.24. The molecule has 0 aliphatic rings. The van der Waals surface area contributed by atoms with Gasteiger partial charge in [-0.2, -0.15) is 0 Å². The van der Waals surface area contributed by atoms with Crippen molar-refractivity contribution in [1.29, 1.82) is 0 Å². The van der Waals surface area contributed by atoms with E-state index in [9.17, 15) is 0 Å². The number of para-hydroxylation sites is 3. The molecule has 59 heavy (non-hydrogen) atoms. The van der Waals surface area contributed by atoms with Gasteiger partial charge in [-0.15, -0.1) is 0 Å². The third-order valence-electron chi connectivity index (χ3n) is 12.1. The molecule has 0 saturated carbocycles. The van der Waals surface area contributed by atoms with E-state index in [1.165, 1.54) is 81.7 Å². The molecule has 0 spiro atoms. The number of fused-ring (bicyclic) bond motifs is 8. The monoisotopic (exact) mass is 748 g/mol. The lowest BCUT2D eigenvalue weighted by atomic mass is 9.86. The normalized spacial score (nSPS) is 11.7. The van der Waals surface area contributed by atoms with Crippen molar-refractivity contribution in [1.82, 2.24) is 9.55 Å². The maximum Gasteiger partial charge on any atom is 0.145 e. The van der Waals surface area contributed by atoms with Crippen LogP contribution in [0.5, 0.6) is 0 Å². The van der Waals surface area contributed by atoms with E-state index < -0.39 is 0 Å². The summed E-state index contributed by atoms with van der Waals surface area (Å²) in [7, 11) is 0. The first-order valence-corrected chi connectivity index (χ1v) is 20.3. The van der Waals surface area contributed by atoms with Gasteiger partial charge in [0, 0.05) is 11.3 Å². The number of imidazole rings is 1. The van der Waals surface area contributed by atoms with E-state index in [0.717, 1.165) is 33.7 Å². The highest BCUT2D eigenvalue weighted by atomic mass is 15.1. The summed E-state index contributed by atoms with van der Waals surface area (Å²) >= 11 is 0. The van der Waals surface area contributed by atoms with Gasteiger partial charge < -0.3 is 0 Å². The molecule has 1 aromatic heterocycles. The Morgan fingerprint density at radius 1 is 0.288 bits per heavy atom. The Balaban J connectivity index is 1.06. The smallest absolute Gasteiger partial charge is 0.145 e. The fourth-order valence-corrected chi connectivity index (χ4v) is 9.24. The number of rotatable bonds is 5. The summed E-state index contributed by atoms with van der Waals surface area (Å²) in [5.41, 5.74) is 11.5. The van der Waals surface area contributed by atoms with Crippen molar-refractivity contribution in [2.45, 2.75) is 0 Å². The Kier molecular flexibility index (Phi) is 7.57. The number of nitrogens with zero attached hydrogens (tertiary/aromatic N) is 2. The van der Waals surface area contributed by atoms with E-state index in [1.54, 1.807) is 0 Å². The average molecular weight is 749 g/mol. The molecule has 274 valence electrons. The third-order valence-corrected chi connectivity index (χ3v) is 12.1. The van der Waals surface area contributed by atoms with Crippen molar-refractivity contribution < 1.29 is 0 Å². The van der Waals surface area contributed by atoms with E-state index in [0.29, 0.717) is 0 Å². The van der Waals surface area contributed by atoms with Gasteiger partial charge >= 0.3 is 0 Å². The van der Waals surface area contributed by atoms with Crippen LogP contribution in [-0.4, -0.2) is 9.55 Å². The molecule has 0 aliphatic heterocycles. The van der Waals surface area contributed by atoms with Crippen LogP contribution in [0.15, 0.2) is 218 Å². The topological polar surface area (TPSA) is 17.8 Å². The van der Waals surface area contributed by atoms with Crippen LogP contribution in [-0.2, 0) is 0 Å². The Bertz CT molecular complexity index is 3600. The summed E-state index contributed by atoms with van der Waals surface area (Å²) in [6.45, 7) is 0. The molecule has 0 radical (unpaired) electrons. The molecule has 0 aliphatic carbocycles. The van der Waals surface area contributed by atoms with Gasteiger partial charge in [-0.05, 0) is 142 Å². The zero-order chi connectivity index (χ0) is 38.9. The van der Waals surface area contributed by atoms with E-state index in [-0.39, 0.29) is 0 Å². The molecule has 0 bridgehead atoms. The average Bonchev–Trinajstić information content (AvgIpc) is 3.70. The first-order chi connectivity index (χ1) is 29.2. The van der Waals surface area contributed by atoms with Crippen molar-refractivity contribution in [2.75, 3.05) is 0 Å². The SMILES string of the molecule is c1ccc(-n2c(-c3ccc(-c4ccc5c(c4)c(-c4ccc6ccccc6c4)cc4c6ccccc6c(-c6ccc7ccccc7c6)cc54)cc3)nc3ccccc32)cc1. The summed E-state index contributed by atoms with van der Waals surface area (Å²) in [6.07, 6.45) is 0. The Labute approximate surface area is 341 Å². The Hall–Kier alpha value is -7.81. The molecule has 2 heteroatoms. The maximum absolute atomic E-state index is 5.13. The number of benzene rings is 11. The van der Waals surface area contributed by atoms with Crippen LogP contribution in [0.25, 0.3) is 115 Å². The molecular weight excluding hydrogens is 713 g/mol. The molecular formula is C57H36N2. The van der Waals surface area contributed by atoms with Gasteiger partial charge in [0.1, 0.15) is 5.82 Å². The zero-order valence-corrected chi connectivity index (χ0v) is 32.2. The third kappa shape index (κ3) is 5.53. The van der Waals surface area contributed by atoms with Crippen molar-refractivity contribution in [2.24, 2.45) is 0 Å². The van der Waals surface area contributed by atoms with Crippen LogP contribution in [0.3, 0.4) is 0 Å². The van der Waals surface area contributed by atoms with E-state index in [4.69, 9.17) is 4.98 Å². The summed E-state index contributed by atoms with van der Waals surface area (Å²) in [6, 6.07) is 79.7. The van der Waals surface area contributed by atoms with Crippen LogP contribution in [0.4, 0.5) is 0 Å². The molecule has 0 fully saturated rings. The second-order valence-electron chi connectivity index (χ2n) is 15.5. The number of aromatic nitrogens is 2. The van der Waals surface area contributed by atoms with E-state index >= 15 is 0 Å². The lowest BCUT2D eigenvalue weighted by Crippen LogP contribution is -1.97. The highest BCUT2D eigenvalue weighted by Crippen LogP contribution is 2.44. The minimum Gasteiger partial charge on any atom is -0.292 e. The van der Waals surface area contributed by atoms with Gasteiger partial charge in [-0.25, -0.2) is 4.98 Å². The second-order valence-corrected chi connectivity index (χ2v) is 15.5. The summed E-state index contributed by atoms with van der Waals surface area (Å²) in [5.74, 6) is 0.932.